The summed E-state index contributed by atoms with van der Waals surface area (Å²) in [5, 5.41) is 0. The predicted octanol–water partition coefficient (Wildman–Crippen LogP) is 3.14. The zero-order valence-corrected chi connectivity index (χ0v) is 13.8. The van der Waals surface area contributed by atoms with E-state index < -0.39 is 15.8 Å². The predicted molar refractivity (Wildman–Crippen MR) is 85.4 cm³/mol. The van der Waals surface area contributed by atoms with Gasteiger partial charge in [0.15, 0.2) is 0 Å². The maximum Gasteiger partial charge on any atom is 0.243 e. The maximum atomic E-state index is 13.1. The summed E-state index contributed by atoms with van der Waals surface area (Å²) in [6.07, 6.45) is 0.643. The van der Waals surface area contributed by atoms with Crippen LogP contribution < -0.4 is 4.74 Å². The molecule has 0 radical (unpaired) electrons. The van der Waals surface area contributed by atoms with E-state index in [-0.39, 0.29) is 10.9 Å². The standard InChI is InChI=1S/C17H18FNO3S/c1-12-17-11-15(22-2)6-3-13(17)9-10-19(12)23(20,21)16-7-4-14(18)5-8-16/h3-8,11-12H,9-10H2,1-2H3. The van der Waals surface area contributed by atoms with Gasteiger partial charge in [-0.25, -0.2) is 12.8 Å². The molecule has 2 aromatic rings. The molecule has 23 heavy (non-hydrogen) atoms. The number of benzene rings is 2. The number of hydrogen-bond acceptors (Lipinski definition) is 3. The quantitative estimate of drug-likeness (QED) is 0.866. The number of sulfonamides is 1. The van der Waals surface area contributed by atoms with E-state index in [1.807, 2.05) is 25.1 Å². The second-order valence-electron chi connectivity index (χ2n) is 5.56. The lowest BCUT2D eigenvalue weighted by Gasteiger charge is -2.34. The Kier molecular flexibility index (Phi) is 4.12. The van der Waals surface area contributed by atoms with Gasteiger partial charge in [0, 0.05) is 12.6 Å². The number of ether oxygens (including phenoxy) is 1. The Morgan fingerprint density at radius 3 is 2.52 bits per heavy atom. The Labute approximate surface area is 135 Å². The second kappa shape index (κ2) is 5.94. The molecule has 4 nitrogen and oxygen atoms in total. The largest absolute Gasteiger partial charge is 0.497 e. The van der Waals surface area contributed by atoms with E-state index >= 15 is 0 Å². The molecule has 0 aliphatic carbocycles. The summed E-state index contributed by atoms with van der Waals surface area (Å²) in [6, 6.07) is 10.4. The Balaban J connectivity index is 1.99. The number of rotatable bonds is 3. The summed E-state index contributed by atoms with van der Waals surface area (Å²) < 4.78 is 45.4. The minimum atomic E-state index is -3.66. The summed E-state index contributed by atoms with van der Waals surface area (Å²) in [7, 11) is -2.08. The molecule has 0 spiro atoms. The van der Waals surface area contributed by atoms with Crippen molar-refractivity contribution in [2.45, 2.75) is 24.3 Å². The van der Waals surface area contributed by atoms with E-state index in [1.54, 1.807) is 7.11 Å². The van der Waals surface area contributed by atoms with E-state index in [2.05, 4.69) is 0 Å². The summed E-state index contributed by atoms with van der Waals surface area (Å²) in [4.78, 5) is 0.108. The van der Waals surface area contributed by atoms with E-state index in [1.165, 1.54) is 28.6 Å². The Hall–Kier alpha value is -1.92. The highest BCUT2D eigenvalue weighted by molar-refractivity contribution is 7.89. The highest BCUT2D eigenvalue weighted by atomic mass is 32.2. The molecule has 0 bridgehead atoms. The minimum absolute atomic E-state index is 0.108. The van der Waals surface area contributed by atoms with Gasteiger partial charge < -0.3 is 4.74 Å². The monoisotopic (exact) mass is 335 g/mol. The Morgan fingerprint density at radius 2 is 1.87 bits per heavy atom. The fourth-order valence-electron chi connectivity index (χ4n) is 2.97. The van der Waals surface area contributed by atoms with E-state index in [4.69, 9.17) is 4.74 Å². The van der Waals surface area contributed by atoms with Crippen molar-refractivity contribution in [3.05, 3.63) is 59.4 Å². The summed E-state index contributed by atoms with van der Waals surface area (Å²) >= 11 is 0. The van der Waals surface area contributed by atoms with Gasteiger partial charge >= 0.3 is 0 Å². The first-order valence-electron chi connectivity index (χ1n) is 7.37. The lowest BCUT2D eigenvalue weighted by Crippen LogP contribution is -2.38. The third kappa shape index (κ3) is 2.84. The fourth-order valence-corrected chi connectivity index (χ4v) is 4.58. The molecule has 0 saturated carbocycles. The van der Waals surface area contributed by atoms with Crippen molar-refractivity contribution in [2.24, 2.45) is 0 Å². The zero-order valence-electron chi connectivity index (χ0n) is 13.0. The zero-order chi connectivity index (χ0) is 16.6. The van der Waals surface area contributed by atoms with Gasteiger partial charge in [-0.1, -0.05) is 6.07 Å². The van der Waals surface area contributed by atoms with Crippen LogP contribution in [-0.2, 0) is 16.4 Å². The Bertz CT molecular complexity index is 818. The normalized spacial score (nSPS) is 18.5. The molecule has 1 aliphatic heterocycles. The van der Waals surface area contributed by atoms with Crippen molar-refractivity contribution in [3.8, 4) is 5.75 Å². The van der Waals surface area contributed by atoms with Gasteiger partial charge in [0.1, 0.15) is 11.6 Å². The molecule has 3 rings (SSSR count). The van der Waals surface area contributed by atoms with Crippen LogP contribution in [-0.4, -0.2) is 26.4 Å². The highest BCUT2D eigenvalue weighted by Crippen LogP contribution is 2.35. The van der Waals surface area contributed by atoms with Gasteiger partial charge in [-0.2, -0.15) is 4.31 Å². The van der Waals surface area contributed by atoms with E-state index in [9.17, 15) is 12.8 Å². The third-order valence-electron chi connectivity index (χ3n) is 4.26. The molecule has 0 saturated heterocycles. The molecule has 122 valence electrons. The highest BCUT2D eigenvalue weighted by Gasteiger charge is 2.34. The average Bonchev–Trinajstić information content (AvgIpc) is 2.55. The van der Waals surface area contributed by atoms with Crippen LogP contribution in [0.2, 0.25) is 0 Å². The molecule has 6 heteroatoms. The third-order valence-corrected chi connectivity index (χ3v) is 6.24. The van der Waals surface area contributed by atoms with Gasteiger partial charge in [0.05, 0.1) is 12.0 Å². The number of methoxy groups -OCH3 is 1. The van der Waals surface area contributed by atoms with Crippen LogP contribution in [0, 0.1) is 5.82 Å². The fraction of sp³-hybridized carbons (Fsp3) is 0.294. The molecule has 0 N–H and O–H groups in total. The minimum Gasteiger partial charge on any atom is -0.497 e. The maximum absolute atomic E-state index is 13.1. The van der Waals surface area contributed by atoms with Crippen molar-refractivity contribution < 1.29 is 17.5 Å². The van der Waals surface area contributed by atoms with Crippen LogP contribution in [0.1, 0.15) is 24.1 Å². The first-order valence-corrected chi connectivity index (χ1v) is 8.81. The summed E-state index contributed by atoms with van der Waals surface area (Å²) in [5.41, 5.74) is 2.07. The van der Waals surface area contributed by atoms with Gasteiger partial charge in [0.2, 0.25) is 10.0 Å². The van der Waals surface area contributed by atoms with Crippen LogP contribution in [0.5, 0.6) is 5.75 Å². The van der Waals surface area contributed by atoms with Crippen LogP contribution in [0.4, 0.5) is 4.39 Å². The number of nitrogens with zero attached hydrogens (tertiary/aromatic N) is 1. The number of halogens is 1. The van der Waals surface area contributed by atoms with Gasteiger partial charge in [-0.3, -0.25) is 0 Å². The molecular formula is C17H18FNO3S. The van der Waals surface area contributed by atoms with Crippen LogP contribution in [0.25, 0.3) is 0 Å². The van der Waals surface area contributed by atoms with E-state index in [0.29, 0.717) is 18.7 Å². The average molecular weight is 335 g/mol. The van der Waals surface area contributed by atoms with Crippen molar-refractivity contribution >= 4 is 10.0 Å². The molecule has 0 fully saturated rings. The smallest absolute Gasteiger partial charge is 0.243 e. The number of fused-ring (bicyclic) bond motifs is 1. The molecule has 1 aliphatic rings. The molecule has 2 aromatic carbocycles. The topological polar surface area (TPSA) is 46.6 Å². The molecule has 1 heterocycles. The van der Waals surface area contributed by atoms with Gasteiger partial charge in [-0.05, 0) is 60.9 Å². The van der Waals surface area contributed by atoms with Crippen LogP contribution in [0.3, 0.4) is 0 Å². The lowest BCUT2D eigenvalue weighted by molar-refractivity contribution is 0.324. The molecule has 0 amide bonds. The molecule has 0 aromatic heterocycles. The molecule has 1 atom stereocenters. The van der Waals surface area contributed by atoms with Crippen molar-refractivity contribution in [3.63, 3.8) is 0 Å². The molecule has 1 unspecified atom stereocenters. The molecular weight excluding hydrogens is 317 g/mol. The van der Waals surface area contributed by atoms with Gasteiger partial charge in [-0.15, -0.1) is 0 Å². The van der Waals surface area contributed by atoms with Crippen LogP contribution in [0.15, 0.2) is 47.4 Å². The lowest BCUT2D eigenvalue weighted by atomic mass is 9.95. The van der Waals surface area contributed by atoms with Crippen LogP contribution >= 0.6 is 0 Å². The number of hydrogen-bond donors (Lipinski definition) is 0. The SMILES string of the molecule is COc1ccc2c(c1)C(C)N(S(=O)(=O)c1ccc(F)cc1)CC2. The second-order valence-corrected chi connectivity index (χ2v) is 7.45. The summed E-state index contributed by atoms with van der Waals surface area (Å²) in [6.45, 7) is 2.26. The van der Waals surface area contributed by atoms with E-state index in [0.717, 1.165) is 11.1 Å². The van der Waals surface area contributed by atoms with Gasteiger partial charge in [0.25, 0.3) is 0 Å². The Morgan fingerprint density at radius 1 is 1.17 bits per heavy atom. The van der Waals surface area contributed by atoms with Crippen molar-refractivity contribution in [1.82, 2.24) is 4.31 Å². The first kappa shape index (κ1) is 16.0. The summed E-state index contributed by atoms with van der Waals surface area (Å²) in [5.74, 6) is 0.252. The first-order chi connectivity index (χ1) is 10.9. The van der Waals surface area contributed by atoms with Crippen molar-refractivity contribution in [1.29, 1.82) is 0 Å². The van der Waals surface area contributed by atoms with Crippen molar-refractivity contribution in [2.75, 3.05) is 13.7 Å².